The van der Waals surface area contributed by atoms with E-state index in [9.17, 15) is 28.7 Å². The molecule has 27 heavy (non-hydrogen) atoms. The van der Waals surface area contributed by atoms with Gasteiger partial charge in [0.25, 0.3) is 0 Å². The van der Waals surface area contributed by atoms with Gasteiger partial charge in [0.05, 0.1) is 0 Å². The minimum absolute atomic E-state index is 0.0172. The van der Waals surface area contributed by atoms with Gasteiger partial charge in [-0.05, 0) is 36.5 Å². The third-order valence-electron chi connectivity index (χ3n) is 4.60. The second kappa shape index (κ2) is 9.25. The summed E-state index contributed by atoms with van der Waals surface area (Å²) in [5, 5.41) is 14.4. The van der Waals surface area contributed by atoms with Crippen molar-refractivity contribution in [3.8, 4) is 0 Å². The van der Waals surface area contributed by atoms with Crippen molar-refractivity contribution in [2.24, 2.45) is 5.92 Å². The van der Waals surface area contributed by atoms with Gasteiger partial charge in [-0.3, -0.25) is 14.4 Å². The number of ketones is 1. The SMILES string of the molecule is CC(=O)N[C@H](Cc1ccc(F)cc1)C(=O)N[C@@H](C(=O)O)[C@H]1CCCC(=O)C1. The van der Waals surface area contributed by atoms with Crippen molar-refractivity contribution >= 4 is 23.6 Å². The minimum Gasteiger partial charge on any atom is -0.480 e. The molecule has 0 aliphatic heterocycles. The largest absolute Gasteiger partial charge is 0.480 e. The smallest absolute Gasteiger partial charge is 0.326 e. The number of rotatable bonds is 7. The number of benzene rings is 1. The molecule has 1 aromatic rings. The molecule has 146 valence electrons. The first-order valence-electron chi connectivity index (χ1n) is 8.82. The topological polar surface area (TPSA) is 113 Å². The first-order chi connectivity index (χ1) is 12.8. The van der Waals surface area contributed by atoms with Crippen molar-refractivity contribution in [2.45, 2.75) is 51.1 Å². The van der Waals surface area contributed by atoms with Gasteiger partial charge in [-0.25, -0.2) is 9.18 Å². The first-order valence-corrected chi connectivity index (χ1v) is 8.82. The second-order valence-corrected chi connectivity index (χ2v) is 6.80. The summed E-state index contributed by atoms with van der Waals surface area (Å²) in [5.74, 6) is -3.23. The number of carbonyl (C=O) groups excluding carboxylic acids is 3. The number of hydrogen-bond acceptors (Lipinski definition) is 4. The number of hydrogen-bond donors (Lipinski definition) is 3. The van der Waals surface area contributed by atoms with E-state index >= 15 is 0 Å². The molecule has 1 aliphatic rings. The second-order valence-electron chi connectivity index (χ2n) is 6.80. The molecule has 2 rings (SSSR count). The van der Waals surface area contributed by atoms with Gasteiger partial charge < -0.3 is 15.7 Å². The fourth-order valence-corrected chi connectivity index (χ4v) is 3.29. The van der Waals surface area contributed by atoms with E-state index in [-0.39, 0.29) is 18.6 Å². The van der Waals surface area contributed by atoms with Crippen molar-refractivity contribution in [2.75, 3.05) is 0 Å². The first kappa shape index (κ1) is 20.5. The predicted octanol–water partition coefficient (Wildman–Crippen LogP) is 1.20. The van der Waals surface area contributed by atoms with Crippen LogP contribution in [0.2, 0.25) is 0 Å². The molecule has 8 heteroatoms. The predicted molar refractivity (Wildman–Crippen MR) is 94.2 cm³/mol. The molecular formula is C19H23FN2O5. The van der Waals surface area contributed by atoms with Crippen LogP contribution in [0.1, 0.15) is 38.2 Å². The van der Waals surface area contributed by atoms with Crippen LogP contribution in [0.3, 0.4) is 0 Å². The average molecular weight is 378 g/mol. The summed E-state index contributed by atoms with van der Waals surface area (Å²) < 4.78 is 13.0. The molecule has 0 spiro atoms. The molecule has 0 unspecified atom stereocenters. The van der Waals surface area contributed by atoms with Gasteiger partial charge in [-0.1, -0.05) is 12.1 Å². The van der Waals surface area contributed by atoms with Crippen LogP contribution in [0, 0.1) is 11.7 Å². The molecule has 1 aliphatic carbocycles. The lowest BCUT2D eigenvalue weighted by molar-refractivity contribution is -0.144. The molecular weight excluding hydrogens is 355 g/mol. The van der Waals surface area contributed by atoms with Crippen LogP contribution in [-0.4, -0.2) is 40.8 Å². The molecule has 0 heterocycles. The number of nitrogens with one attached hydrogen (secondary N) is 2. The molecule has 2 amide bonds. The zero-order chi connectivity index (χ0) is 20.0. The molecule has 0 saturated heterocycles. The molecule has 3 atom stereocenters. The van der Waals surface area contributed by atoms with E-state index in [4.69, 9.17) is 0 Å². The van der Waals surface area contributed by atoms with Crippen LogP contribution < -0.4 is 10.6 Å². The Morgan fingerprint density at radius 3 is 2.44 bits per heavy atom. The highest BCUT2D eigenvalue weighted by molar-refractivity contribution is 5.90. The van der Waals surface area contributed by atoms with Gasteiger partial charge in [0.15, 0.2) is 0 Å². The van der Waals surface area contributed by atoms with Crippen LogP contribution in [0.5, 0.6) is 0 Å². The Kier molecular flexibility index (Phi) is 7.04. The molecule has 1 aromatic carbocycles. The fourth-order valence-electron chi connectivity index (χ4n) is 3.29. The Morgan fingerprint density at radius 1 is 1.22 bits per heavy atom. The normalized spacial score (nSPS) is 19.0. The Bertz CT molecular complexity index is 719. The summed E-state index contributed by atoms with van der Waals surface area (Å²) in [6.07, 6.45) is 1.75. The van der Waals surface area contributed by atoms with E-state index in [1.807, 2.05) is 0 Å². The van der Waals surface area contributed by atoms with E-state index in [2.05, 4.69) is 10.6 Å². The zero-order valence-corrected chi connectivity index (χ0v) is 15.0. The highest BCUT2D eigenvalue weighted by atomic mass is 19.1. The van der Waals surface area contributed by atoms with Crippen LogP contribution in [0.25, 0.3) is 0 Å². The summed E-state index contributed by atoms with van der Waals surface area (Å²) in [7, 11) is 0. The summed E-state index contributed by atoms with van der Waals surface area (Å²) in [5.41, 5.74) is 0.616. The van der Waals surface area contributed by atoms with Crippen molar-refractivity contribution in [1.29, 1.82) is 0 Å². The summed E-state index contributed by atoms with van der Waals surface area (Å²) in [6, 6.07) is 3.26. The summed E-state index contributed by atoms with van der Waals surface area (Å²) >= 11 is 0. The van der Waals surface area contributed by atoms with Gasteiger partial charge in [0.1, 0.15) is 23.7 Å². The number of aliphatic carboxylic acids is 1. The maximum Gasteiger partial charge on any atom is 0.326 e. The van der Waals surface area contributed by atoms with E-state index in [0.717, 1.165) is 0 Å². The molecule has 3 N–H and O–H groups in total. The highest BCUT2D eigenvalue weighted by Crippen LogP contribution is 2.24. The van der Waals surface area contributed by atoms with E-state index < -0.39 is 41.6 Å². The highest BCUT2D eigenvalue weighted by Gasteiger charge is 2.35. The molecule has 1 saturated carbocycles. The molecule has 0 aromatic heterocycles. The Hall–Kier alpha value is -2.77. The molecule has 1 fully saturated rings. The van der Waals surface area contributed by atoms with Gasteiger partial charge in [0, 0.05) is 26.2 Å². The van der Waals surface area contributed by atoms with Crippen LogP contribution in [0.4, 0.5) is 4.39 Å². The number of amides is 2. The Labute approximate surface area is 156 Å². The maximum absolute atomic E-state index is 13.0. The fraction of sp³-hybridized carbons (Fsp3) is 0.474. The zero-order valence-electron chi connectivity index (χ0n) is 15.0. The molecule has 0 radical (unpaired) electrons. The van der Waals surface area contributed by atoms with Gasteiger partial charge in [0.2, 0.25) is 11.8 Å². The van der Waals surface area contributed by atoms with E-state index in [1.54, 1.807) is 0 Å². The van der Waals surface area contributed by atoms with Gasteiger partial charge in [-0.15, -0.1) is 0 Å². The summed E-state index contributed by atoms with van der Waals surface area (Å²) in [6.45, 7) is 1.25. The van der Waals surface area contributed by atoms with Gasteiger partial charge in [-0.2, -0.15) is 0 Å². The van der Waals surface area contributed by atoms with Crippen molar-refractivity contribution < 1.29 is 28.7 Å². The van der Waals surface area contributed by atoms with Gasteiger partial charge >= 0.3 is 5.97 Å². The average Bonchev–Trinajstić information content (AvgIpc) is 2.60. The standard InChI is InChI=1S/C19H23FN2O5/c1-11(23)21-16(9-12-5-7-14(20)8-6-12)18(25)22-17(19(26)27)13-3-2-4-15(24)10-13/h5-8,13,16-17H,2-4,9-10H2,1H3,(H,21,23)(H,22,25)(H,26,27)/t13-,16+,17+/m0/s1. The summed E-state index contributed by atoms with van der Waals surface area (Å²) in [4.78, 5) is 47.4. The molecule has 0 bridgehead atoms. The van der Waals surface area contributed by atoms with Crippen LogP contribution in [-0.2, 0) is 25.6 Å². The quantitative estimate of drug-likeness (QED) is 0.660. The Balaban J connectivity index is 2.12. The number of carboxylic acid groups (broad SMARTS) is 1. The lowest BCUT2D eigenvalue weighted by atomic mass is 9.83. The lowest BCUT2D eigenvalue weighted by Crippen LogP contribution is -2.54. The lowest BCUT2D eigenvalue weighted by Gasteiger charge is -2.29. The number of halogens is 1. The van der Waals surface area contributed by atoms with Crippen LogP contribution in [0.15, 0.2) is 24.3 Å². The minimum atomic E-state index is -1.22. The van der Waals surface area contributed by atoms with E-state index in [0.29, 0.717) is 24.8 Å². The van der Waals surface area contributed by atoms with E-state index in [1.165, 1.54) is 31.2 Å². The maximum atomic E-state index is 13.0. The molecule has 7 nitrogen and oxygen atoms in total. The Morgan fingerprint density at radius 2 is 1.89 bits per heavy atom. The number of carboxylic acids is 1. The number of carbonyl (C=O) groups is 4. The van der Waals surface area contributed by atoms with Crippen molar-refractivity contribution in [3.05, 3.63) is 35.6 Å². The van der Waals surface area contributed by atoms with Crippen molar-refractivity contribution in [1.82, 2.24) is 10.6 Å². The third kappa shape index (κ3) is 6.16. The monoisotopic (exact) mass is 378 g/mol. The number of Topliss-reactive ketones (excluding diaryl/α,β-unsaturated/α-hetero) is 1. The van der Waals surface area contributed by atoms with Crippen molar-refractivity contribution in [3.63, 3.8) is 0 Å². The third-order valence-corrected chi connectivity index (χ3v) is 4.60. The van der Waals surface area contributed by atoms with Crippen LogP contribution >= 0.6 is 0 Å².